The average Bonchev–Trinajstić information content (AvgIpc) is 3.04. The van der Waals surface area contributed by atoms with Crippen LogP contribution in [0.1, 0.15) is 18.4 Å². The molecule has 1 N–H and O–H groups in total. The molecule has 140 valence electrons. The maximum Gasteiger partial charge on any atom is 0.311 e. The summed E-state index contributed by atoms with van der Waals surface area (Å²) in [5.41, 5.74) is 2.26. The molecule has 27 heavy (non-hydrogen) atoms. The number of imidazole rings is 1. The molecule has 0 atom stereocenters. The second-order valence-corrected chi connectivity index (χ2v) is 6.27. The molecule has 0 spiro atoms. The zero-order valence-electron chi connectivity index (χ0n) is 14.8. The summed E-state index contributed by atoms with van der Waals surface area (Å²) in [6, 6.07) is 13.4. The Morgan fingerprint density at radius 1 is 1.19 bits per heavy atom. The number of nitrogens with one attached hydrogen (secondary N) is 1. The Hall–Kier alpha value is -2.86. The second-order valence-electron chi connectivity index (χ2n) is 5.84. The molecule has 0 aliphatic rings. The van der Waals surface area contributed by atoms with Crippen molar-refractivity contribution in [1.29, 1.82) is 0 Å². The fourth-order valence-corrected chi connectivity index (χ4v) is 2.74. The maximum atomic E-state index is 13.1. The first kappa shape index (κ1) is 18.9. The largest absolute Gasteiger partial charge is 0.466 e. The van der Waals surface area contributed by atoms with Crippen LogP contribution in [0.3, 0.4) is 0 Å². The average molecular weight is 388 g/mol. The van der Waals surface area contributed by atoms with Gasteiger partial charge in [0, 0.05) is 22.6 Å². The predicted molar refractivity (Wildman–Crippen MR) is 103 cm³/mol. The minimum Gasteiger partial charge on any atom is -0.466 e. The van der Waals surface area contributed by atoms with Gasteiger partial charge in [0.1, 0.15) is 11.6 Å². The summed E-state index contributed by atoms with van der Waals surface area (Å²) in [6.45, 7) is 2.50. The van der Waals surface area contributed by atoms with E-state index < -0.39 is 0 Å². The maximum absolute atomic E-state index is 13.1. The van der Waals surface area contributed by atoms with Crippen LogP contribution in [-0.2, 0) is 22.5 Å². The van der Waals surface area contributed by atoms with Crippen LogP contribution >= 0.6 is 11.6 Å². The van der Waals surface area contributed by atoms with Crippen LogP contribution in [0.15, 0.2) is 54.7 Å². The number of anilines is 1. The highest BCUT2D eigenvalue weighted by molar-refractivity contribution is 6.30. The monoisotopic (exact) mass is 387 g/mol. The summed E-state index contributed by atoms with van der Waals surface area (Å²) >= 11 is 5.97. The number of aromatic nitrogens is 2. The van der Waals surface area contributed by atoms with Crippen molar-refractivity contribution in [1.82, 2.24) is 9.55 Å². The summed E-state index contributed by atoms with van der Waals surface area (Å²) in [5, 5.41) is 3.85. The van der Waals surface area contributed by atoms with E-state index in [2.05, 4.69) is 10.3 Å². The van der Waals surface area contributed by atoms with Gasteiger partial charge in [-0.05, 0) is 55.5 Å². The molecule has 0 bridgehead atoms. The summed E-state index contributed by atoms with van der Waals surface area (Å²) in [7, 11) is 0. The van der Waals surface area contributed by atoms with Crippen LogP contribution in [0.25, 0.3) is 5.69 Å². The molecule has 7 heteroatoms. The third-order valence-corrected chi connectivity index (χ3v) is 4.11. The van der Waals surface area contributed by atoms with Crippen molar-refractivity contribution in [2.75, 3.05) is 11.9 Å². The topological polar surface area (TPSA) is 56.1 Å². The number of benzene rings is 2. The lowest BCUT2D eigenvalue weighted by Gasteiger charge is -2.10. The quantitative estimate of drug-likeness (QED) is 0.611. The van der Waals surface area contributed by atoms with Gasteiger partial charge in [-0.3, -0.25) is 4.79 Å². The second kappa shape index (κ2) is 8.68. The van der Waals surface area contributed by atoms with E-state index in [0.717, 1.165) is 11.4 Å². The lowest BCUT2D eigenvalue weighted by molar-refractivity contribution is -0.142. The van der Waals surface area contributed by atoms with Gasteiger partial charge in [0.05, 0.1) is 25.3 Å². The Kier molecular flexibility index (Phi) is 6.08. The van der Waals surface area contributed by atoms with Gasteiger partial charge in [-0.15, -0.1) is 0 Å². The van der Waals surface area contributed by atoms with Crippen LogP contribution in [0.2, 0.25) is 5.02 Å². The van der Waals surface area contributed by atoms with E-state index in [4.69, 9.17) is 16.3 Å². The number of hydrogen-bond donors (Lipinski definition) is 1. The summed E-state index contributed by atoms with van der Waals surface area (Å²) < 4.78 is 19.9. The third-order valence-electron chi connectivity index (χ3n) is 3.86. The van der Waals surface area contributed by atoms with Crippen molar-refractivity contribution >= 4 is 23.3 Å². The number of rotatable bonds is 7. The molecule has 0 radical (unpaired) electrons. The van der Waals surface area contributed by atoms with Crippen molar-refractivity contribution in [3.63, 3.8) is 0 Å². The summed E-state index contributed by atoms with van der Waals surface area (Å²) in [4.78, 5) is 16.3. The van der Waals surface area contributed by atoms with Crippen LogP contribution in [-0.4, -0.2) is 22.1 Å². The fourth-order valence-electron chi connectivity index (χ4n) is 2.62. The highest BCUT2D eigenvalue weighted by Gasteiger charge is 2.13. The van der Waals surface area contributed by atoms with Crippen molar-refractivity contribution in [2.24, 2.45) is 0 Å². The zero-order valence-corrected chi connectivity index (χ0v) is 15.5. The molecule has 0 unspecified atom stereocenters. The Balaban J connectivity index is 1.84. The Bertz CT molecular complexity index is 908. The number of esters is 1. The number of nitrogens with zero attached hydrogens (tertiary/aromatic N) is 2. The standard InChI is InChI=1S/C20H19ClFN3O2/c1-2-27-20(26)11-17-13-25(18-9-3-14(21)4-10-18)19(24-17)12-23-16-7-5-15(22)6-8-16/h3-10,13,23H,2,11-12H2,1H3. The highest BCUT2D eigenvalue weighted by atomic mass is 35.5. The van der Waals surface area contributed by atoms with E-state index in [1.165, 1.54) is 12.1 Å². The molecular weight excluding hydrogens is 369 g/mol. The van der Waals surface area contributed by atoms with E-state index in [9.17, 15) is 9.18 Å². The molecule has 0 amide bonds. The van der Waals surface area contributed by atoms with E-state index in [1.54, 1.807) is 31.2 Å². The van der Waals surface area contributed by atoms with Gasteiger partial charge in [-0.1, -0.05) is 11.6 Å². The van der Waals surface area contributed by atoms with Gasteiger partial charge >= 0.3 is 5.97 Å². The lowest BCUT2D eigenvalue weighted by Crippen LogP contribution is -2.08. The summed E-state index contributed by atoms with van der Waals surface area (Å²) in [5.74, 6) is 0.0946. The van der Waals surface area contributed by atoms with E-state index >= 15 is 0 Å². The Morgan fingerprint density at radius 3 is 2.56 bits per heavy atom. The third kappa shape index (κ3) is 5.08. The first-order chi connectivity index (χ1) is 13.0. The number of ether oxygens (including phenoxy) is 1. The van der Waals surface area contributed by atoms with Crippen LogP contribution in [0.4, 0.5) is 10.1 Å². The van der Waals surface area contributed by atoms with Crippen LogP contribution in [0.5, 0.6) is 0 Å². The molecule has 1 aromatic heterocycles. The van der Waals surface area contributed by atoms with Gasteiger partial charge in [0.15, 0.2) is 0 Å². The molecule has 0 aliphatic carbocycles. The molecule has 2 aromatic carbocycles. The van der Waals surface area contributed by atoms with Gasteiger partial charge in [0.25, 0.3) is 0 Å². The number of halogens is 2. The minimum atomic E-state index is -0.323. The molecule has 5 nitrogen and oxygen atoms in total. The van der Waals surface area contributed by atoms with Gasteiger partial charge in [-0.25, -0.2) is 9.37 Å². The lowest BCUT2D eigenvalue weighted by atomic mass is 10.3. The molecule has 0 saturated heterocycles. The SMILES string of the molecule is CCOC(=O)Cc1cn(-c2ccc(Cl)cc2)c(CNc2ccc(F)cc2)n1. The van der Waals surface area contributed by atoms with Crippen molar-refractivity contribution in [2.45, 2.75) is 19.9 Å². The normalized spacial score (nSPS) is 10.6. The smallest absolute Gasteiger partial charge is 0.311 e. The number of carbonyl (C=O) groups is 1. The first-order valence-corrected chi connectivity index (χ1v) is 8.91. The minimum absolute atomic E-state index is 0.0952. The number of hydrogen-bond acceptors (Lipinski definition) is 4. The number of carbonyl (C=O) groups excluding carboxylic acids is 1. The molecule has 3 rings (SSSR count). The molecular formula is C20H19ClFN3O2. The molecule has 0 fully saturated rings. The molecule has 1 heterocycles. The van der Waals surface area contributed by atoms with Crippen LogP contribution < -0.4 is 5.32 Å². The van der Waals surface area contributed by atoms with Crippen LogP contribution in [0, 0.1) is 5.82 Å². The molecule has 3 aromatic rings. The predicted octanol–water partition coefficient (Wildman–Crippen LogP) is 4.38. The van der Waals surface area contributed by atoms with Crippen molar-refractivity contribution in [3.8, 4) is 5.69 Å². The van der Waals surface area contributed by atoms with Crippen molar-refractivity contribution in [3.05, 3.63) is 77.1 Å². The van der Waals surface area contributed by atoms with E-state index in [0.29, 0.717) is 29.7 Å². The van der Waals surface area contributed by atoms with Crippen molar-refractivity contribution < 1.29 is 13.9 Å². The summed E-state index contributed by atoms with van der Waals surface area (Å²) in [6.07, 6.45) is 1.90. The van der Waals surface area contributed by atoms with E-state index in [1.807, 2.05) is 22.9 Å². The Labute approximate surface area is 161 Å². The Morgan fingerprint density at radius 2 is 1.89 bits per heavy atom. The van der Waals surface area contributed by atoms with Gasteiger partial charge < -0.3 is 14.6 Å². The molecule has 0 aliphatic heterocycles. The van der Waals surface area contributed by atoms with Gasteiger partial charge in [-0.2, -0.15) is 0 Å². The highest BCUT2D eigenvalue weighted by Crippen LogP contribution is 2.18. The van der Waals surface area contributed by atoms with Gasteiger partial charge in [0.2, 0.25) is 0 Å². The molecule has 0 saturated carbocycles. The first-order valence-electron chi connectivity index (χ1n) is 8.53. The zero-order chi connectivity index (χ0) is 19.2. The van der Waals surface area contributed by atoms with E-state index in [-0.39, 0.29) is 18.2 Å². The fraction of sp³-hybridized carbons (Fsp3) is 0.200.